The van der Waals surface area contributed by atoms with Crippen molar-refractivity contribution < 1.29 is 27.5 Å². The van der Waals surface area contributed by atoms with E-state index in [1.54, 1.807) is 12.3 Å². The number of carbonyl (C=O) groups excluding carboxylic acids is 2. The van der Waals surface area contributed by atoms with Crippen molar-refractivity contribution in [3.8, 4) is 0 Å². The predicted octanol–water partition coefficient (Wildman–Crippen LogP) is 2.41. The van der Waals surface area contributed by atoms with E-state index in [0.29, 0.717) is 5.52 Å². The number of alkyl halides is 3. The van der Waals surface area contributed by atoms with Crippen LogP contribution in [0.25, 0.3) is 10.9 Å². The largest absolute Gasteiger partial charge is 0.491 e. The number of H-pyrrole nitrogens is 1. The molecule has 1 aromatic carbocycles. The van der Waals surface area contributed by atoms with Gasteiger partial charge in [-0.1, -0.05) is 6.07 Å². The highest BCUT2D eigenvalue weighted by Gasteiger charge is 2.42. The van der Waals surface area contributed by atoms with E-state index in [4.69, 9.17) is 0 Å². The maximum atomic E-state index is 11.9. The van der Waals surface area contributed by atoms with Crippen molar-refractivity contribution >= 4 is 22.8 Å². The summed E-state index contributed by atoms with van der Waals surface area (Å²) in [5.41, 5.74) is 0.423. The van der Waals surface area contributed by atoms with E-state index < -0.39 is 18.1 Å². The van der Waals surface area contributed by atoms with Crippen molar-refractivity contribution in [2.24, 2.45) is 0 Å². The minimum absolute atomic E-state index is 0.137. The number of benzene rings is 1. The van der Waals surface area contributed by atoms with Gasteiger partial charge in [-0.2, -0.15) is 13.2 Å². The molecule has 1 aromatic heterocycles. The third-order valence-corrected chi connectivity index (χ3v) is 2.21. The number of fused-ring (bicyclic) bond motifs is 1. The highest BCUT2D eigenvalue weighted by molar-refractivity contribution is 6.00. The van der Waals surface area contributed by atoms with Gasteiger partial charge in [-0.15, -0.1) is 0 Å². The number of hydrogen-bond acceptors (Lipinski definition) is 3. The van der Waals surface area contributed by atoms with Gasteiger partial charge in [-0.25, -0.2) is 9.59 Å². The summed E-state index contributed by atoms with van der Waals surface area (Å²) in [7, 11) is 0. The smallest absolute Gasteiger partial charge is 0.383 e. The Morgan fingerprint density at radius 3 is 2.56 bits per heavy atom. The Labute approximate surface area is 98.4 Å². The lowest BCUT2D eigenvalue weighted by Crippen LogP contribution is -2.28. The molecule has 0 saturated carbocycles. The summed E-state index contributed by atoms with van der Waals surface area (Å²) in [5.74, 6) is -3.87. The minimum Gasteiger partial charge on any atom is -0.383 e. The first-order chi connectivity index (χ1) is 8.38. The van der Waals surface area contributed by atoms with E-state index in [9.17, 15) is 22.8 Å². The van der Waals surface area contributed by atoms with Crippen LogP contribution in [0.5, 0.6) is 0 Å². The van der Waals surface area contributed by atoms with Crippen molar-refractivity contribution in [2.45, 2.75) is 6.18 Å². The second-order valence-electron chi connectivity index (χ2n) is 3.45. The Hall–Kier alpha value is -2.31. The van der Waals surface area contributed by atoms with Crippen LogP contribution in [0.15, 0.2) is 30.5 Å². The van der Waals surface area contributed by atoms with Crippen molar-refractivity contribution in [2.75, 3.05) is 0 Å². The monoisotopic (exact) mass is 257 g/mol. The second-order valence-corrected chi connectivity index (χ2v) is 3.45. The third-order valence-electron chi connectivity index (χ3n) is 2.21. The number of rotatable bonds is 1. The molecule has 0 bridgehead atoms. The van der Waals surface area contributed by atoms with Gasteiger partial charge in [0.1, 0.15) is 0 Å². The number of esters is 2. The fourth-order valence-corrected chi connectivity index (χ4v) is 1.38. The van der Waals surface area contributed by atoms with Gasteiger partial charge < -0.3 is 9.72 Å². The highest BCUT2D eigenvalue weighted by Crippen LogP contribution is 2.19. The molecular formula is C11H6F3NO3. The second kappa shape index (κ2) is 4.17. The molecule has 0 atom stereocenters. The molecule has 0 saturated heterocycles. The van der Waals surface area contributed by atoms with E-state index in [0.717, 1.165) is 5.39 Å². The van der Waals surface area contributed by atoms with E-state index >= 15 is 0 Å². The molecule has 18 heavy (non-hydrogen) atoms. The molecule has 2 aromatic rings. The molecule has 0 aliphatic heterocycles. The van der Waals surface area contributed by atoms with Crippen molar-refractivity contribution in [1.82, 2.24) is 4.98 Å². The summed E-state index contributed by atoms with van der Waals surface area (Å²) in [6, 6.07) is 5.84. The molecule has 4 nitrogen and oxygen atoms in total. The van der Waals surface area contributed by atoms with Crippen LogP contribution in [0, 0.1) is 0 Å². The van der Waals surface area contributed by atoms with Crippen molar-refractivity contribution in [1.29, 1.82) is 0 Å². The van der Waals surface area contributed by atoms with Crippen LogP contribution in [-0.2, 0) is 9.53 Å². The van der Waals surface area contributed by atoms with Crippen LogP contribution in [-0.4, -0.2) is 23.1 Å². The molecule has 0 aliphatic rings. The Kier molecular flexibility index (Phi) is 2.82. The average molecular weight is 257 g/mol. The van der Waals surface area contributed by atoms with Gasteiger partial charge in [0.15, 0.2) is 0 Å². The van der Waals surface area contributed by atoms with Gasteiger partial charge in [-0.05, 0) is 23.6 Å². The fraction of sp³-hybridized carbons (Fsp3) is 0.0909. The summed E-state index contributed by atoms with van der Waals surface area (Å²) in [5, 5.41) is 0.786. The molecule has 0 unspecified atom stereocenters. The van der Waals surface area contributed by atoms with Crippen LogP contribution in [0.3, 0.4) is 0 Å². The molecule has 0 radical (unpaired) electrons. The first-order valence-electron chi connectivity index (χ1n) is 4.78. The van der Waals surface area contributed by atoms with Crippen LogP contribution < -0.4 is 0 Å². The highest BCUT2D eigenvalue weighted by atomic mass is 19.4. The predicted molar refractivity (Wildman–Crippen MR) is 54.8 cm³/mol. The van der Waals surface area contributed by atoms with Crippen molar-refractivity contribution in [3.05, 3.63) is 36.0 Å². The lowest BCUT2D eigenvalue weighted by molar-refractivity contribution is -0.193. The van der Waals surface area contributed by atoms with Crippen LogP contribution in [0.2, 0.25) is 0 Å². The molecule has 2 rings (SSSR count). The quantitative estimate of drug-likeness (QED) is 0.630. The van der Waals surface area contributed by atoms with Crippen LogP contribution >= 0.6 is 0 Å². The molecule has 1 N–H and O–H groups in total. The Bertz CT molecular complexity index is 615. The van der Waals surface area contributed by atoms with E-state index in [1.165, 1.54) is 18.2 Å². The SMILES string of the molecule is O=C(OC(=O)C(F)(F)F)c1ccc2cc[nH]c2c1. The van der Waals surface area contributed by atoms with Crippen LogP contribution in [0.1, 0.15) is 10.4 Å². The number of hydrogen-bond donors (Lipinski definition) is 1. The first kappa shape index (κ1) is 12.2. The molecule has 1 heterocycles. The van der Waals surface area contributed by atoms with Gasteiger partial charge in [-0.3, -0.25) is 0 Å². The molecule has 7 heteroatoms. The topological polar surface area (TPSA) is 59.2 Å². The van der Waals surface area contributed by atoms with Gasteiger partial charge >= 0.3 is 18.1 Å². The standard InChI is InChI=1S/C11H6F3NO3/c12-11(13,14)10(17)18-9(16)7-2-1-6-3-4-15-8(6)5-7/h1-5,15H. The van der Waals surface area contributed by atoms with E-state index in [2.05, 4.69) is 9.72 Å². The first-order valence-corrected chi connectivity index (χ1v) is 4.78. The van der Waals surface area contributed by atoms with Gasteiger partial charge in [0.05, 0.1) is 5.56 Å². The molecule has 0 spiro atoms. The van der Waals surface area contributed by atoms with Crippen LogP contribution in [0.4, 0.5) is 13.2 Å². The minimum atomic E-state index is -5.19. The van der Waals surface area contributed by atoms with E-state index in [1.807, 2.05) is 0 Å². The maximum Gasteiger partial charge on any atom is 0.491 e. The molecule has 0 amide bonds. The van der Waals surface area contributed by atoms with Crippen molar-refractivity contribution in [3.63, 3.8) is 0 Å². The lowest BCUT2D eigenvalue weighted by atomic mass is 10.2. The Morgan fingerprint density at radius 2 is 1.89 bits per heavy atom. The van der Waals surface area contributed by atoms with Gasteiger partial charge in [0.2, 0.25) is 0 Å². The Balaban J connectivity index is 2.21. The van der Waals surface area contributed by atoms with Gasteiger partial charge in [0.25, 0.3) is 0 Å². The summed E-state index contributed by atoms with van der Waals surface area (Å²) in [6.45, 7) is 0. The third kappa shape index (κ3) is 2.34. The molecule has 94 valence electrons. The lowest BCUT2D eigenvalue weighted by Gasteiger charge is -2.05. The number of aromatic amines is 1. The summed E-state index contributed by atoms with van der Waals surface area (Å²) in [6.07, 6.45) is -3.58. The number of nitrogens with one attached hydrogen (secondary N) is 1. The zero-order valence-corrected chi connectivity index (χ0v) is 8.75. The average Bonchev–Trinajstić information content (AvgIpc) is 2.74. The number of carbonyl (C=O) groups is 2. The molecule has 0 aliphatic carbocycles. The van der Waals surface area contributed by atoms with E-state index in [-0.39, 0.29) is 5.56 Å². The summed E-state index contributed by atoms with van der Waals surface area (Å²) >= 11 is 0. The Morgan fingerprint density at radius 1 is 1.17 bits per heavy atom. The number of halogens is 3. The normalized spacial score (nSPS) is 11.5. The summed E-state index contributed by atoms with van der Waals surface area (Å²) < 4.78 is 39.4. The number of aromatic nitrogens is 1. The fourth-order valence-electron chi connectivity index (χ4n) is 1.38. The zero-order chi connectivity index (χ0) is 13.3. The maximum absolute atomic E-state index is 11.9. The zero-order valence-electron chi connectivity index (χ0n) is 8.75. The van der Waals surface area contributed by atoms with Gasteiger partial charge in [0, 0.05) is 11.7 Å². The molecular weight excluding hydrogens is 251 g/mol. The number of ether oxygens (including phenoxy) is 1. The summed E-state index contributed by atoms with van der Waals surface area (Å²) in [4.78, 5) is 24.6. The molecule has 0 fully saturated rings.